The van der Waals surface area contributed by atoms with Gasteiger partial charge in [-0.1, -0.05) is 0 Å². The Balaban J connectivity index is 2.56. The van der Waals surface area contributed by atoms with Gasteiger partial charge in [0.15, 0.2) is 0 Å². The molecule has 1 rings (SSSR count). The van der Waals surface area contributed by atoms with E-state index < -0.39 is 6.09 Å². The first-order chi connectivity index (χ1) is 4.30. The number of carboxylic acid groups (broad SMARTS) is 1. The molecule has 0 aromatic rings. The van der Waals surface area contributed by atoms with Crippen LogP contribution in [0.1, 0.15) is 0 Å². The molecule has 0 aliphatic carbocycles. The number of nitrogens with one attached hydrogen (secondary N) is 1. The van der Waals surface area contributed by atoms with Gasteiger partial charge in [0.25, 0.3) is 0 Å². The maximum atomic E-state index is 10.1. The zero-order valence-corrected chi connectivity index (χ0v) is 4.61. The van der Waals surface area contributed by atoms with Crippen molar-refractivity contribution < 1.29 is 9.90 Å². The summed E-state index contributed by atoms with van der Waals surface area (Å²) in [5.41, 5.74) is 2.48. The van der Waals surface area contributed by atoms with Crippen LogP contribution in [0.2, 0.25) is 0 Å². The zero-order chi connectivity index (χ0) is 6.69. The first-order valence-electron chi connectivity index (χ1n) is 2.42. The van der Waals surface area contributed by atoms with Crippen LogP contribution in [-0.2, 0) is 0 Å². The van der Waals surface area contributed by atoms with E-state index in [1.165, 1.54) is 13.3 Å². The van der Waals surface area contributed by atoms with Gasteiger partial charge in [0.1, 0.15) is 0 Å². The normalized spacial score (nSPS) is 14.4. The van der Waals surface area contributed by atoms with E-state index >= 15 is 0 Å². The molecule has 0 saturated heterocycles. The van der Waals surface area contributed by atoms with Crippen molar-refractivity contribution in [2.75, 3.05) is 0 Å². The van der Waals surface area contributed by atoms with Gasteiger partial charge < -0.3 is 0 Å². The number of amides is 1. The van der Waals surface area contributed by atoms with E-state index in [4.69, 9.17) is 5.11 Å². The molecule has 2 N–H and O–H groups in total. The Hall–Kier alpha value is -1.26. The fourth-order valence-electron chi connectivity index (χ4n) is 0.477. The first kappa shape index (κ1) is 5.87. The molecule has 46 valence electrons. The topological polar surface area (TPSA) is 52.6 Å². The summed E-state index contributed by atoms with van der Waals surface area (Å²) in [6.45, 7) is 0. The molecule has 0 aromatic heterocycles. The SMILES string of the molecule is O=C(O)N1B=CC=CN1. The number of rotatable bonds is 0. The molecule has 1 aliphatic rings. The van der Waals surface area contributed by atoms with Gasteiger partial charge in [0, 0.05) is 0 Å². The maximum absolute atomic E-state index is 10.1. The molecule has 0 radical (unpaired) electrons. The number of nitrogens with zero attached hydrogens (tertiary/aromatic N) is 1. The Bertz CT molecular complexity index is 177. The Kier molecular flexibility index (Phi) is 1.53. The van der Waals surface area contributed by atoms with Crippen molar-refractivity contribution in [3.63, 3.8) is 0 Å². The Morgan fingerprint density at radius 1 is 1.78 bits per heavy atom. The molecule has 1 heterocycles. The van der Waals surface area contributed by atoms with Crippen molar-refractivity contribution in [3.05, 3.63) is 12.3 Å². The monoisotopic (exact) mass is 124 g/mol. The van der Waals surface area contributed by atoms with Crippen molar-refractivity contribution in [1.29, 1.82) is 0 Å². The molecule has 0 bridgehead atoms. The molecule has 5 heteroatoms. The molecular weight excluding hydrogens is 119 g/mol. The fraction of sp³-hybridized carbons (Fsp3) is 0. The Morgan fingerprint density at radius 2 is 2.56 bits per heavy atom. The van der Waals surface area contributed by atoms with Gasteiger partial charge in [-0.15, -0.1) is 0 Å². The molecule has 0 unspecified atom stereocenters. The molecule has 0 atom stereocenters. The van der Waals surface area contributed by atoms with Gasteiger partial charge in [-0.05, 0) is 0 Å². The van der Waals surface area contributed by atoms with Crippen LogP contribution < -0.4 is 5.43 Å². The molecular formula is C4H5BN2O2. The van der Waals surface area contributed by atoms with Crippen LogP contribution in [0.5, 0.6) is 0 Å². The molecule has 1 aliphatic heterocycles. The molecule has 0 saturated carbocycles. The molecule has 4 nitrogen and oxygen atoms in total. The molecule has 0 spiro atoms. The van der Waals surface area contributed by atoms with Crippen molar-refractivity contribution >= 4 is 19.1 Å². The van der Waals surface area contributed by atoms with Crippen LogP contribution in [0.25, 0.3) is 0 Å². The van der Waals surface area contributed by atoms with E-state index in [0.717, 1.165) is 4.92 Å². The summed E-state index contributed by atoms with van der Waals surface area (Å²) in [4.78, 5) is 11.1. The van der Waals surface area contributed by atoms with E-state index in [-0.39, 0.29) is 0 Å². The van der Waals surface area contributed by atoms with E-state index in [1.54, 1.807) is 12.0 Å². The second-order valence-corrected chi connectivity index (χ2v) is 1.48. The fourth-order valence-corrected chi connectivity index (χ4v) is 0.477. The van der Waals surface area contributed by atoms with Gasteiger partial charge in [0.2, 0.25) is 0 Å². The zero-order valence-electron chi connectivity index (χ0n) is 4.61. The van der Waals surface area contributed by atoms with Crippen LogP contribution in [-0.4, -0.2) is 29.1 Å². The Labute approximate surface area is 52.7 Å². The van der Waals surface area contributed by atoms with E-state index in [2.05, 4.69) is 5.43 Å². The van der Waals surface area contributed by atoms with Gasteiger partial charge in [0.05, 0.1) is 0 Å². The second-order valence-electron chi connectivity index (χ2n) is 1.48. The van der Waals surface area contributed by atoms with E-state index in [1.807, 2.05) is 0 Å². The Morgan fingerprint density at radius 3 is 2.89 bits per heavy atom. The van der Waals surface area contributed by atoms with Crippen LogP contribution in [0, 0.1) is 0 Å². The number of carbonyl (C=O) groups is 1. The third kappa shape index (κ3) is 1.32. The number of hydrogen-bond donors (Lipinski definition) is 2. The average Bonchev–Trinajstić information content (AvgIpc) is 1.90. The molecule has 0 fully saturated rings. The summed E-state index contributed by atoms with van der Waals surface area (Å²) in [5.74, 6) is 1.63. The standard InChI is InChI=1S/C4H5BN2O2/c8-4(9)7-5-2-1-3-6-7/h1-3,6H,(H,8,9). The van der Waals surface area contributed by atoms with E-state index in [9.17, 15) is 4.79 Å². The van der Waals surface area contributed by atoms with Crippen molar-refractivity contribution in [1.82, 2.24) is 10.3 Å². The van der Waals surface area contributed by atoms with E-state index in [0.29, 0.717) is 0 Å². The van der Waals surface area contributed by atoms with Crippen LogP contribution >= 0.6 is 0 Å². The van der Waals surface area contributed by atoms with Gasteiger partial charge >= 0.3 is 51.6 Å². The molecule has 0 aromatic carbocycles. The van der Waals surface area contributed by atoms with Gasteiger partial charge in [-0.2, -0.15) is 0 Å². The van der Waals surface area contributed by atoms with Crippen molar-refractivity contribution in [2.45, 2.75) is 0 Å². The molecule has 9 heavy (non-hydrogen) atoms. The summed E-state index contributed by atoms with van der Waals surface area (Å²) in [6.07, 6.45) is 2.23. The summed E-state index contributed by atoms with van der Waals surface area (Å²) >= 11 is 0. The average molecular weight is 124 g/mol. The minimum absolute atomic E-state index is 0.958. The third-order valence-corrected chi connectivity index (χ3v) is 0.862. The summed E-state index contributed by atoms with van der Waals surface area (Å²) in [5, 5.41) is 8.32. The quantitative estimate of drug-likeness (QED) is 0.424. The predicted molar refractivity (Wildman–Crippen MR) is 34.0 cm³/mol. The predicted octanol–water partition coefficient (Wildman–Crippen LogP) is -0.580. The first-order valence-corrected chi connectivity index (χ1v) is 2.42. The van der Waals surface area contributed by atoms with Crippen molar-refractivity contribution in [2.24, 2.45) is 0 Å². The summed E-state index contributed by atoms with van der Waals surface area (Å²) in [6, 6.07) is 0. The minimum atomic E-state index is -1.02. The van der Waals surface area contributed by atoms with Gasteiger partial charge in [-0.25, -0.2) is 0 Å². The van der Waals surface area contributed by atoms with Crippen LogP contribution in [0.3, 0.4) is 0 Å². The van der Waals surface area contributed by atoms with Crippen LogP contribution in [0.4, 0.5) is 4.79 Å². The summed E-state index contributed by atoms with van der Waals surface area (Å²) in [7, 11) is 1.42. The second kappa shape index (κ2) is 2.34. The summed E-state index contributed by atoms with van der Waals surface area (Å²) < 4.78 is 0. The van der Waals surface area contributed by atoms with Gasteiger partial charge in [-0.3, -0.25) is 0 Å². The van der Waals surface area contributed by atoms with Crippen molar-refractivity contribution in [3.8, 4) is 0 Å². The third-order valence-electron chi connectivity index (χ3n) is 0.862. The molecule has 1 amide bonds. The number of allylic oxidation sites excluding steroid dienone is 1. The number of hydrogen-bond acceptors (Lipinski definition) is 2. The number of hydrazine groups is 1. The van der Waals surface area contributed by atoms with Crippen LogP contribution in [0.15, 0.2) is 12.3 Å².